The molecule has 2 N–H and O–H groups in total. The summed E-state index contributed by atoms with van der Waals surface area (Å²) in [5, 5.41) is 4.00. The largest absolute Gasteiger partial charge is 0.466 e. The Morgan fingerprint density at radius 3 is 2.67 bits per heavy atom. The number of nitrogens with one attached hydrogen (secondary N) is 2. The monoisotopic (exact) mass is 505 g/mol. The predicted octanol–water partition coefficient (Wildman–Crippen LogP) is 5.51. The van der Waals surface area contributed by atoms with Gasteiger partial charge in [0.05, 0.1) is 34.2 Å². The number of allylic oxidation sites excluding steroid dienone is 1. The van der Waals surface area contributed by atoms with E-state index in [9.17, 15) is 14.0 Å². The van der Waals surface area contributed by atoms with Crippen LogP contribution in [0.2, 0.25) is 10.0 Å². The number of fused-ring (bicyclic) bond motifs is 1. The molecule has 1 aliphatic heterocycles. The number of hydrogen-bond donors (Lipinski definition) is 2. The molecule has 1 aromatic heterocycles. The molecule has 0 aliphatic carbocycles. The summed E-state index contributed by atoms with van der Waals surface area (Å²) in [7, 11) is 1.27. The summed E-state index contributed by atoms with van der Waals surface area (Å²) < 4.78 is 18.9. The highest BCUT2D eigenvalue weighted by Crippen LogP contribution is 2.41. The predicted molar refractivity (Wildman–Crippen MR) is 127 cm³/mol. The molecule has 0 fully saturated rings. The molecule has 1 atom stereocenters. The molecule has 0 amide bonds. The van der Waals surface area contributed by atoms with Crippen molar-refractivity contribution in [3.8, 4) is 0 Å². The lowest BCUT2D eigenvalue weighted by molar-refractivity contribution is -0.136. The van der Waals surface area contributed by atoms with Gasteiger partial charge in [0, 0.05) is 11.4 Å². The summed E-state index contributed by atoms with van der Waals surface area (Å²) in [5.74, 6) is -1.10. The summed E-state index contributed by atoms with van der Waals surface area (Å²) in [4.78, 5) is 33.1. The van der Waals surface area contributed by atoms with Crippen molar-refractivity contribution in [1.29, 1.82) is 0 Å². The third-order valence-corrected chi connectivity index (χ3v) is 6.89. The average Bonchev–Trinajstić information content (AvgIpc) is 2.79. The molecule has 2 heterocycles. The van der Waals surface area contributed by atoms with Crippen LogP contribution in [0.25, 0.3) is 0 Å². The fourth-order valence-corrected chi connectivity index (χ4v) is 4.82. The quantitative estimate of drug-likeness (QED) is 0.270. The van der Waals surface area contributed by atoms with Gasteiger partial charge in [-0.05, 0) is 36.2 Å². The molecular weight excluding hydrogens is 488 g/mol. The molecule has 33 heavy (non-hydrogen) atoms. The number of thioether (sulfide) groups is 1. The number of aromatic nitrogens is 2. The van der Waals surface area contributed by atoms with E-state index in [-0.39, 0.29) is 27.7 Å². The first-order valence-electron chi connectivity index (χ1n) is 9.81. The number of anilines is 1. The van der Waals surface area contributed by atoms with Gasteiger partial charge in [0.25, 0.3) is 5.56 Å². The van der Waals surface area contributed by atoms with Crippen LogP contribution in [0.15, 0.2) is 63.7 Å². The SMILES string of the molecule is COC(=O)C1=C(C)Nc2nc(SCc3ccccc3F)[nH]c(=O)c2C1c1ccc(Cl)c(Cl)c1. The number of ether oxygens (including phenoxy) is 1. The molecule has 0 spiro atoms. The number of esters is 1. The molecular formula is C23H18Cl2FN3O3S. The number of hydrogen-bond acceptors (Lipinski definition) is 6. The highest BCUT2D eigenvalue weighted by atomic mass is 35.5. The molecule has 0 bridgehead atoms. The summed E-state index contributed by atoms with van der Waals surface area (Å²) in [5.41, 5.74) is 1.65. The standard InChI is InChI=1S/C23H18Cl2FN3O3S/c1-11-17(22(31)32-2)18(12-7-8-14(24)15(25)9-12)19-20(27-11)28-23(29-21(19)30)33-10-13-5-3-4-6-16(13)26/h3-9,18H,10H2,1-2H3,(H2,27,28,29,30). The Hall–Kier alpha value is -2.81. The Balaban J connectivity index is 1.79. The van der Waals surface area contributed by atoms with Gasteiger partial charge in [-0.1, -0.05) is 59.2 Å². The first-order chi connectivity index (χ1) is 15.8. The van der Waals surface area contributed by atoms with E-state index in [2.05, 4.69) is 15.3 Å². The highest BCUT2D eigenvalue weighted by Gasteiger charge is 2.36. The number of carbonyl (C=O) groups is 1. The van der Waals surface area contributed by atoms with Crippen LogP contribution in [0.1, 0.15) is 29.5 Å². The number of H-pyrrole nitrogens is 1. The van der Waals surface area contributed by atoms with Crippen LogP contribution in [0, 0.1) is 5.82 Å². The van der Waals surface area contributed by atoms with Crippen LogP contribution in [0.5, 0.6) is 0 Å². The molecule has 0 saturated carbocycles. The maximum atomic E-state index is 14.0. The van der Waals surface area contributed by atoms with Crippen LogP contribution >= 0.6 is 35.0 Å². The number of carbonyl (C=O) groups excluding carboxylic acids is 1. The Labute approximate surface area is 203 Å². The Bertz CT molecular complexity index is 1340. The molecule has 0 saturated heterocycles. The minimum atomic E-state index is -0.773. The maximum Gasteiger partial charge on any atom is 0.336 e. The van der Waals surface area contributed by atoms with Crippen LogP contribution in [-0.4, -0.2) is 23.0 Å². The smallest absolute Gasteiger partial charge is 0.336 e. The fraction of sp³-hybridized carbons (Fsp3) is 0.174. The van der Waals surface area contributed by atoms with E-state index in [1.165, 1.54) is 24.9 Å². The van der Waals surface area contributed by atoms with Gasteiger partial charge in [-0.15, -0.1) is 0 Å². The zero-order valence-electron chi connectivity index (χ0n) is 17.5. The van der Waals surface area contributed by atoms with Crippen LogP contribution in [0.4, 0.5) is 10.2 Å². The Kier molecular flexibility index (Phi) is 6.78. The van der Waals surface area contributed by atoms with Gasteiger partial charge in [-0.25, -0.2) is 14.2 Å². The van der Waals surface area contributed by atoms with Crippen molar-refractivity contribution in [3.05, 3.63) is 96.6 Å². The fourth-order valence-electron chi connectivity index (χ4n) is 3.67. The van der Waals surface area contributed by atoms with Gasteiger partial charge in [-0.3, -0.25) is 4.79 Å². The summed E-state index contributed by atoms with van der Waals surface area (Å²) in [6, 6.07) is 11.3. The van der Waals surface area contributed by atoms with Crippen molar-refractivity contribution in [3.63, 3.8) is 0 Å². The molecule has 170 valence electrons. The zero-order valence-corrected chi connectivity index (χ0v) is 19.9. The zero-order chi connectivity index (χ0) is 23.7. The lowest BCUT2D eigenvalue weighted by atomic mass is 9.82. The van der Waals surface area contributed by atoms with Crippen molar-refractivity contribution in [2.24, 2.45) is 0 Å². The maximum absolute atomic E-state index is 14.0. The minimum Gasteiger partial charge on any atom is -0.466 e. The molecule has 0 radical (unpaired) electrons. The number of rotatable bonds is 5. The molecule has 4 rings (SSSR count). The molecule has 2 aromatic carbocycles. The number of methoxy groups -OCH3 is 1. The van der Waals surface area contributed by atoms with Gasteiger partial charge >= 0.3 is 5.97 Å². The van der Waals surface area contributed by atoms with E-state index >= 15 is 0 Å². The van der Waals surface area contributed by atoms with Gasteiger partial charge in [0.15, 0.2) is 5.16 Å². The first kappa shape index (κ1) is 23.4. The van der Waals surface area contributed by atoms with Gasteiger partial charge in [-0.2, -0.15) is 0 Å². The van der Waals surface area contributed by atoms with E-state index in [1.54, 1.807) is 43.3 Å². The van der Waals surface area contributed by atoms with E-state index in [1.807, 2.05) is 0 Å². The lowest BCUT2D eigenvalue weighted by Crippen LogP contribution is -2.31. The molecule has 6 nitrogen and oxygen atoms in total. The van der Waals surface area contributed by atoms with E-state index < -0.39 is 17.4 Å². The number of aromatic amines is 1. The molecule has 1 unspecified atom stereocenters. The topological polar surface area (TPSA) is 84.1 Å². The average molecular weight is 506 g/mol. The van der Waals surface area contributed by atoms with Gasteiger partial charge in [0.2, 0.25) is 0 Å². The van der Waals surface area contributed by atoms with Crippen LogP contribution in [0.3, 0.4) is 0 Å². The third kappa shape index (κ3) is 4.64. The molecule has 10 heteroatoms. The highest BCUT2D eigenvalue weighted by molar-refractivity contribution is 7.98. The third-order valence-electron chi connectivity index (χ3n) is 5.23. The first-order valence-corrected chi connectivity index (χ1v) is 11.6. The number of benzene rings is 2. The summed E-state index contributed by atoms with van der Waals surface area (Å²) >= 11 is 13.5. The summed E-state index contributed by atoms with van der Waals surface area (Å²) in [6.45, 7) is 1.70. The Morgan fingerprint density at radius 1 is 1.21 bits per heavy atom. The van der Waals surface area contributed by atoms with Crippen molar-refractivity contribution in [2.45, 2.75) is 23.8 Å². The van der Waals surface area contributed by atoms with Crippen molar-refractivity contribution in [2.75, 3.05) is 12.4 Å². The number of halogens is 3. The molecule has 3 aromatic rings. The van der Waals surface area contributed by atoms with Crippen LogP contribution < -0.4 is 10.9 Å². The second kappa shape index (κ2) is 9.59. The second-order valence-corrected chi connectivity index (χ2v) is 9.05. The lowest BCUT2D eigenvalue weighted by Gasteiger charge is -2.28. The van der Waals surface area contributed by atoms with Gasteiger partial charge < -0.3 is 15.0 Å². The van der Waals surface area contributed by atoms with E-state index in [0.29, 0.717) is 32.8 Å². The van der Waals surface area contributed by atoms with Crippen LogP contribution in [-0.2, 0) is 15.3 Å². The van der Waals surface area contributed by atoms with Gasteiger partial charge in [0.1, 0.15) is 11.6 Å². The number of nitrogens with zero attached hydrogens (tertiary/aromatic N) is 1. The molecule has 1 aliphatic rings. The van der Waals surface area contributed by atoms with Crippen molar-refractivity contribution >= 4 is 46.8 Å². The Morgan fingerprint density at radius 2 is 1.97 bits per heavy atom. The van der Waals surface area contributed by atoms with E-state index in [4.69, 9.17) is 27.9 Å². The normalized spacial score (nSPS) is 15.1. The van der Waals surface area contributed by atoms with E-state index in [0.717, 1.165) is 0 Å². The second-order valence-electron chi connectivity index (χ2n) is 7.28. The minimum absolute atomic E-state index is 0.245. The van der Waals surface area contributed by atoms with Crippen molar-refractivity contribution in [1.82, 2.24) is 9.97 Å². The summed E-state index contributed by atoms with van der Waals surface area (Å²) in [6.07, 6.45) is 0. The van der Waals surface area contributed by atoms with Crippen molar-refractivity contribution < 1.29 is 13.9 Å².